The van der Waals surface area contributed by atoms with Gasteiger partial charge in [-0.2, -0.15) is 0 Å². The Morgan fingerprint density at radius 2 is 2.17 bits per heavy atom. The summed E-state index contributed by atoms with van der Waals surface area (Å²) in [4.78, 5) is 20.9. The highest BCUT2D eigenvalue weighted by Gasteiger charge is 2.20. The minimum absolute atomic E-state index is 0.0924. The van der Waals surface area contributed by atoms with Gasteiger partial charge in [-0.05, 0) is 31.2 Å². The molecule has 1 atom stereocenters. The van der Waals surface area contributed by atoms with Crippen LogP contribution < -0.4 is 5.32 Å². The molecule has 2 aromatic rings. The number of hydrogen-bond donors (Lipinski definition) is 1. The van der Waals surface area contributed by atoms with E-state index in [-0.39, 0.29) is 17.0 Å². The Balaban J connectivity index is 1.61. The summed E-state index contributed by atoms with van der Waals surface area (Å²) in [6.07, 6.45) is 0. The molecule has 120 valence electrons. The summed E-state index contributed by atoms with van der Waals surface area (Å²) in [7, 11) is 0. The first kappa shape index (κ1) is 16.5. The Hall–Kier alpha value is -1.38. The fourth-order valence-electron chi connectivity index (χ4n) is 1.88. The van der Waals surface area contributed by atoms with Crippen molar-refractivity contribution in [3.05, 3.63) is 35.5 Å². The summed E-state index contributed by atoms with van der Waals surface area (Å²) in [5.41, 5.74) is 1.55. The highest BCUT2D eigenvalue weighted by Crippen LogP contribution is 2.28. The number of benzene rings is 1. The Labute approximate surface area is 146 Å². The van der Waals surface area contributed by atoms with E-state index in [1.165, 1.54) is 35.2 Å². The van der Waals surface area contributed by atoms with Crippen LogP contribution in [0.3, 0.4) is 0 Å². The first-order chi connectivity index (χ1) is 11.1. The Morgan fingerprint density at radius 1 is 1.39 bits per heavy atom. The van der Waals surface area contributed by atoms with E-state index in [1.807, 2.05) is 12.3 Å². The van der Waals surface area contributed by atoms with Crippen molar-refractivity contribution in [3.63, 3.8) is 0 Å². The van der Waals surface area contributed by atoms with Crippen LogP contribution in [-0.2, 0) is 4.79 Å². The van der Waals surface area contributed by atoms with Crippen LogP contribution in [0.2, 0.25) is 0 Å². The first-order valence-electron chi connectivity index (χ1n) is 6.98. The summed E-state index contributed by atoms with van der Waals surface area (Å²) in [5, 5.41) is 4.99. The number of carbonyl (C=O) groups excluding carboxylic acids is 1. The van der Waals surface area contributed by atoms with Gasteiger partial charge in [-0.1, -0.05) is 23.5 Å². The number of hydrogen-bond acceptors (Lipinski definition) is 6. The molecule has 2 heterocycles. The van der Waals surface area contributed by atoms with Gasteiger partial charge < -0.3 is 5.32 Å². The molecule has 1 aromatic carbocycles. The van der Waals surface area contributed by atoms with Crippen molar-refractivity contribution in [2.24, 2.45) is 4.99 Å². The van der Waals surface area contributed by atoms with Crippen LogP contribution >= 0.6 is 34.9 Å². The number of thiazole rings is 1. The Kier molecular flexibility index (Phi) is 5.34. The van der Waals surface area contributed by atoms with Crippen molar-refractivity contribution in [2.75, 3.05) is 17.6 Å². The third-order valence-corrected chi connectivity index (χ3v) is 6.14. The summed E-state index contributed by atoms with van der Waals surface area (Å²) < 4.78 is 13.9. The number of aromatic nitrogens is 1. The van der Waals surface area contributed by atoms with Gasteiger partial charge in [-0.15, -0.1) is 11.3 Å². The molecule has 3 rings (SSSR count). The van der Waals surface area contributed by atoms with Crippen molar-refractivity contribution < 1.29 is 9.18 Å². The van der Waals surface area contributed by atoms with E-state index < -0.39 is 0 Å². The smallest absolute Gasteiger partial charge is 0.239 e. The molecule has 0 saturated carbocycles. The van der Waals surface area contributed by atoms with Crippen LogP contribution in [0.25, 0.3) is 11.3 Å². The Morgan fingerprint density at radius 3 is 2.87 bits per heavy atom. The largest absolute Gasteiger partial charge is 0.301 e. The SMILES string of the molecule is CC(SC1=NCCS1)C(=O)Nc1nc(-c2ccc(F)cc2)cs1. The Bertz CT molecular complexity index is 730. The van der Waals surface area contributed by atoms with Crippen molar-refractivity contribution in [1.82, 2.24) is 4.98 Å². The highest BCUT2D eigenvalue weighted by molar-refractivity contribution is 8.39. The molecular weight excluding hydrogens is 353 g/mol. The van der Waals surface area contributed by atoms with Crippen LogP contribution in [0.4, 0.5) is 9.52 Å². The van der Waals surface area contributed by atoms with Crippen LogP contribution in [0, 0.1) is 5.82 Å². The standard InChI is InChI=1S/C15H14FN3OS3/c1-9(23-15-17-6-7-21-15)13(20)19-14-18-12(8-22-14)10-2-4-11(16)5-3-10/h2-5,8-9H,6-7H2,1H3,(H,18,19,20). The second-order valence-electron chi connectivity index (χ2n) is 4.79. The van der Waals surface area contributed by atoms with Crippen molar-refractivity contribution in [3.8, 4) is 11.3 Å². The van der Waals surface area contributed by atoms with E-state index in [2.05, 4.69) is 15.3 Å². The average molecular weight is 367 g/mol. The lowest BCUT2D eigenvalue weighted by molar-refractivity contribution is -0.115. The van der Waals surface area contributed by atoms with Gasteiger partial charge in [0.15, 0.2) is 5.13 Å². The highest BCUT2D eigenvalue weighted by atomic mass is 32.2. The predicted octanol–water partition coefficient (Wildman–Crippen LogP) is 4.11. The maximum absolute atomic E-state index is 12.9. The number of halogens is 1. The number of nitrogens with zero attached hydrogens (tertiary/aromatic N) is 2. The molecule has 1 aromatic heterocycles. The van der Waals surface area contributed by atoms with Crippen molar-refractivity contribution >= 4 is 50.3 Å². The van der Waals surface area contributed by atoms with Gasteiger partial charge in [0.05, 0.1) is 17.5 Å². The van der Waals surface area contributed by atoms with Gasteiger partial charge in [-0.25, -0.2) is 9.37 Å². The van der Waals surface area contributed by atoms with Gasteiger partial charge in [-0.3, -0.25) is 9.79 Å². The normalized spacial score (nSPS) is 15.3. The van der Waals surface area contributed by atoms with Gasteiger partial charge in [0.2, 0.25) is 5.91 Å². The van der Waals surface area contributed by atoms with Crippen molar-refractivity contribution in [1.29, 1.82) is 0 Å². The minimum Gasteiger partial charge on any atom is -0.301 e. The van der Waals surface area contributed by atoms with Gasteiger partial charge in [0, 0.05) is 16.7 Å². The average Bonchev–Trinajstić information content (AvgIpc) is 3.20. The van der Waals surface area contributed by atoms with E-state index in [4.69, 9.17) is 0 Å². The summed E-state index contributed by atoms with van der Waals surface area (Å²) in [6.45, 7) is 2.69. The van der Waals surface area contributed by atoms with Crippen molar-refractivity contribution in [2.45, 2.75) is 12.2 Å². The predicted molar refractivity (Wildman–Crippen MR) is 98.0 cm³/mol. The zero-order valence-corrected chi connectivity index (χ0v) is 14.7. The maximum atomic E-state index is 12.9. The summed E-state index contributed by atoms with van der Waals surface area (Å²) in [5.74, 6) is 0.616. The molecule has 1 amide bonds. The molecule has 0 radical (unpaired) electrons. The third kappa shape index (κ3) is 4.33. The number of thioether (sulfide) groups is 2. The number of aliphatic imine (C=N–C) groups is 1. The third-order valence-electron chi connectivity index (χ3n) is 3.08. The van der Waals surface area contributed by atoms with Gasteiger partial charge in [0.25, 0.3) is 0 Å². The zero-order chi connectivity index (χ0) is 16.2. The summed E-state index contributed by atoms with van der Waals surface area (Å²) in [6, 6.07) is 6.13. The number of nitrogens with one attached hydrogen (secondary N) is 1. The quantitative estimate of drug-likeness (QED) is 0.883. The van der Waals surface area contributed by atoms with Gasteiger partial charge >= 0.3 is 0 Å². The van der Waals surface area contributed by atoms with Crippen LogP contribution in [0.1, 0.15) is 6.92 Å². The second-order valence-corrected chi connectivity index (χ2v) is 8.32. The topological polar surface area (TPSA) is 54.4 Å². The molecular formula is C15H14FN3OS3. The first-order valence-corrected chi connectivity index (χ1v) is 9.72. The molecule has 1 aliphatic rings. The minimum atomic E-state index is -0.281. The molecule has 23 heavy (non-hydrogen) atoms. The molecule has 0 saturated heterocycles. The molecule has 0 spiro atoms. The van der Waals surface area contributed by atoms with Gasteiger partial charge in [0.1, 0.15) is 10.2 Å². The number of amides is 1. The molecule has 0 bridgehead atoms. The van der Waals surface area contributed by atoms with Crippen LogP contribution in [0.15, 0.2) is 34.6 Å². The molecule has 0 aliphatic carbocycles. The monoisotopic (exact) mass is 367 g/mol. The van der Waals surface area contributed by atoms with E-state index in [0.717, 1.165) is 27.9 Å². The molecule has 1 aliphatic heterocycles. The zero-order valence-electron chi connectivity index (χ0n) is 12.3. The molecule has 0 fully saturated rings. The van der Waals surface area contributed by atoms with Crippen LogP contribution in [-0.4, -0.2) is 32.8 Å². The molecule has 8 heteroatoms. The van der Waals surface area contributed by atoms with E-state index in [0.29, 0.717) is 5.13 Å². The number of carbonyl (C=O) groups is 1. The lowest BCUT2D eigenvalue weighted by atomic mass is 10.2. The maximum Gasteiger partial charge on any atom is 0.239 e. The lowest BCUT2D eigenvalue weighted by Crippen LogP contribution is -2.23. The number of rotatable bonds is 4. The van der Waals surface area contributed by atoms with E-state index in [9.17, 15) is 9.18 Å². The van der Waals surface area contributed by atoms with E-state index in [1.54, 1.807) is 23.9 Å². The fourth-order valence-corrected chi connectivity index (χ4v) is 4.73. The lowest BCUT2D eigenvalue weighted by Gasteiger charge is -2.09. The summed E-state index contributed by atoms with van der Waals surface area (Å²) >= 11 is 4.52. The molecule has 1 N–H and O–H groups in total. The fraction of sp³-hybridized carbons (Fsp3) is 0.267. The van der Waals surface area contributed by atoms with E-state index >= 15 is 0 Å². The molecule has 1 unspecified atom stereocenters. The second kappa shape index (κ2) is 7.46. The van der Waals surface area contributed by atoms with Crippen LogP contribution in [0.5, 0.6) is 0 Å². The number of anilines is 1. The molecule has 4 nitrogen and oxygen atoms in total.